The summed E-state index contributed by atoms with van der Waals surface area (Å²) < 4.78 is 6.02. The summed E-state index contributed by atoms with van der Waals surface area (Å²) in [5.74, 6) is 2.76. The summed E-state index contributed by atoms with van der Waals surface area (Å²) >= 11 is 5.83. The largest absolute Gasteiger partial charge is 0.474 e. The van der Waals surface area contributed by atoms with Gasteiger partial charge in [-0.25, -0.2) is 4.98 Å². The number of aromatic nitrogens is 1. The van der Waals surface area contributed by atoms with Crippen LogP contribution in [0.2, 0.25) is 0 Å². The molecule has 2 nitrogen and oxygen atoms in total. The van der Waals surface area contributed by atoms with Crippen LogP contribution in [-0.4, -0.2) is 11.1 Å². The number of rotatable bonds is 3. The minimum absolute atomic E-state index is 0.317. The van der Waals surface area contributed by atoms with Gasteiger partial charge >= 0.3 is 0 Å². The predicted molar refractivity (Wildman–Crippen MR) is 75.1 cm³/mol. The molecule has 2 unspecified atom stereocenters. The van der Waals surface area contributed by atoms with E-state index in [1.165, 1.54) is 6.42 Å². The fourth-order valence-electron chi connectivity index (χ4n) is 2.91. The number of alkyl halides is 1. The van der Waals surface area contributed by atoms with Crippen molar-refractivity contribution < 1.29 is 4.74 Å². The molecular weight excluding hydrogens is 246 g/mol. The number of hydrogen-bond donors (Lipinski definition) is 0. The highest BCUT2D eigenvalue weighted by molar-refractivity contribution is 6.17. The highest BCUT2D eigenvalue weighted by Crippen LogP contribution is 2.31. The lowest BCUT2D eigenvalue weighted by Gasteiger charge is -2.31. The van der Waals surface area contributed by atoms with Crippen LogP contribution in [0.3, 0.4) is 0 Å². The quantitative estimate of drug-likeness (QED) is 0.761. The van der Waals surface area contributed by atoms with Crippen molar-refractivity contribution in [2.75, 3.05) is 0 Å². The Morgan fingerprint density at radius 2 is 1.89 bits per heavy atom. The molecule has 1 aliphatic rings. The highest BCUT2D eigenvalue weighted by atomic mass is 35.5. The third-order valence-corrected chi connectivity index (χ3v) is 4.02. The van der Waals surface area contributed by atoms with Crippen LogP contribution in [0, 0.1) is 18.8 Å². The van der Waals surface area contributed by atoms with E-state index in [2.05, 4.69) is 18.8 Å². The van der Waals surface area contributed by atoms with E-state index in [-0.39, 0.29) is 0 Å². The van der Waals surface area contributed by atoms with Crippen LogP contribution >= 0.6 is 11.6 Å². The van der Waals surface area contributed by atoms with Gasteiger partial charge in [0.05, 0.1) is 0 Å². The Bertz CT molecular complexity index is 397. The van der Waals surface area contributed by atoms with Gasteiger partial charge in [-0.05, 0) is 43.6 Å². The van der Waals surface area contributed by atoms with Gasteiger partial charge in [-0.2, -0.15) is 0 Å². The molecule has 2 rings (SSSR count). The van der Waals surface area contributed by atoms with Crippen LogP contribution in [0.5, 0.6) is 5.88 Å². The second-order valence-corrected chi connectivity index (χ2v) is 5.95. The summed E-state index contributed by atoms with van der Waals surface area (Å²) in [6, 6.07) is 3.95. The standard InChI is InChI=1S/C15H22ClNO/c1-10-6-11(2)8-14(7-10)18-15-5-4-13(9-16)12(3)17-15/h4-5,10-11,14H,6-9H2,1-3H3. The predicted octanol–water partition coefficient (Wildman–Crippen LogP) is 4.33. The molecule has 1 heterocycles. The Hall–Kier alpha value is -0.760. The first-order valence-electron chi connectivity index (χ1n) is 6.77. The maximum atomic E-state index is 6.02. The Balaban J connectivity index is 2.02. The zero-order chi connectivity index (χ0) is 13.1. The Morgan fingerprint density at radius 1 is 1.22 bits per heavy atom. The molecular formula is C15H22ClNO. The van der Waals surface area contributed by atoms with E-state index in [1.807, 2.05) is 19.1 Å². The Labute approximate surface area is 115 Å². The molecule has 0 bridgehead atoms. The summed E-state index contributed by atoms with van der Waals surface area (Å²) in [5, 5.41) is 0. The first-order valence-corrected chi connectivity index (χ1v) is 7.31. The fourth-order valence-corrected chi connectivity index (χ4v) is 3.20. The van der Waals surface area contributed by atoms with E-state index in [4.69, 9.17) is 16.3 Å². The summed E-state index contributed by atoms with van der Waals surface area (Å²) in [6.07, 6.45) is 3.92. The minimum atomic E-state index is 0.317. The lowest BCUT2D eigenvalue weighted by molar-refractivity contribution is 0.0965. The van der Waals surface area contributed by atoms with Crippen LogP contribution in [0.1, 0.15) is 44.4 Å². The molecule has 3 heteroatoms. The van der Waals surface area contributed by atoms with Crippen LogP contribution < -0.4 is 4.74 Å². The molecule has 0 amide bonds. The van der Waals surface area contributed by atoms with Crippen LogP contribution in [0.25, 0.3) is 0 Å². The molecule has 0 N–H and O–H groups in total. The van der Waals surface area contributed by atoms with Crippen molar-refractivity contribution in [2.45, 2.75) is 52.0 Å². The second kappa shape index (κ2) is 5.92. The van der Waals surface area contributed by atoms with Crippen molar-refractivity contribution in [3.8, 4) is 5.88 Å². The van der Waals surface area contributed by atoms with Gasteiger partial charge < -0.3 is 4.74 Å². The maximum absolute atomic E-state index is 6.02. The molecule has 1 aliphatic carbocycles. The highest BCUT2D eigenvalue weighted by Gasteiger charge is 2.25. The maximum Gasteiger partial charge on any atom is 0.213 e. The van der Waals surface area contributed by atoms with Gasteiger partial charge in [0.1, 0.15) is 6.10 Å². The van der Waals surface area contributed by atoms with E-state index >= 15 is 0 Å². The zero-order valence-electron chi connectivity index (χ0n) is 11.4. The Morgan fingerprint density at radius 3 is 2.44 bits per heavy atom. The molecule has 0 aromatic carbocycles. The normalized spacial score (nSPS) is 28.1. The van der Waals surface area contributed by atoms with E-state index in [9.17, 15) is 0 Å². The molecule has 18 heavy (non-hydrogen) atoms. The van der Waals surface area contributed by atoms with Gasteiger partial charge in [0.2, 0.25) is 5.88 Å². The molecule has 100 valence electrons. The first-order chi connectivity index (χ1) is 8.58. The summed E-state index contributed by atoms with van der Waals surface area (Å²) in [7, 11) is 0. The molecule has 2 atom stereocenters. The Kier molecular flexibility index (Phi) is 4.50. The van der Waals surface area contributed by atoms with Crippen molar-refractivity contribution in [2.24, 2.45) is 11.8 Å². The lowest BCUT2D eigenvalue weighted by Crippen LogP contribution is -2.28. The molecule has 1 fully saturated rings. The van der Waals surface area contributed by atoms with Gasteiger partial charge in [-0.1, -0.05) is 19.9 Å². The van der Waals surface area contributed by atoms with Crippen molar-refractivity contribution in [3.05, 3.63) is 23.4 Å². The number of ether oxygens (including phenoxy) is 1. The van der Waals surface area contributed by atoms with Crippen molar-refractivity contribution in [1.82, 2.24) is 4.98 Å². The third-order valence-electron chi connectivity index (χ3n) is 3.74. The van der Waals surface area contributed by atoms with E-state index in [1.54, 1.807) is 0 Å². The molecule has 1 saturated carbocycles. The average molecular weight is 268 g/mol. The van der Waals surface area contributed by atoms with Gasteiger partial charge in [0.25, 0.3) is 0 Å². The van der Waals surface area contributed by atoms with Gasteiger partial charge in [-0.15, -0.1) is 11.6 Å². The van der Waals surface area contributed by atoms with Gasteiger partial charge in [0.15, 0.2) is 0 Å². The van der Waals surface area contributed by atoms with E-state index in [0.29, 0.717) is 12.0 Å². The van der Waals surface area contributed by atoms with Crippen LogP contribution in [0.15, 0.2) is 12.1 Å². The molecule has 0 radical (unpaired) electrons. The second-order valence-electron chi connectivity index (χ2n) is 5.68. The fraction of sp³-hybridized carbons (Fsp3) is 0.667. The van der Waals surface area contributed by atoms with Crippen LogP contribution in [-0.2, 0) is 5.88 Å². The van der Waals surface area contributed by atoms with Gasteiger partial charge in [-0.3, -0.25) is 0 Å². The summed E-state index contributed by atoms with van der Waals surface area (Å²) in [4.78, 5) is 4.48. The molecule has 1 aromatic heterocycles. The van der Waals surface area contributed by atoms with Crippen LogP contribution in [0.4, 0.5) is 0 Å². The first kappa shape index (κ1) is 13.7. The van der Waals surface area contributed by atoms with Crippen molar-refractivity contribution in [3.63, 3.8) is 0 Å². The van der Waals surface area contributed by atoms with Gasteiger partial charge in [0, 0.05) is 17.6 Å². The minimum Gasteiger partial charge on any atom is -0.474 e. The van der Waals surface area contributed by atoms with E-state index in [0.717, 1.165) is 41.8 Å². The van der Waals surface area contributed by atoms with Crippen molar-refractivity contribution >= 4 is 11.6 Å². The number of halogens is 1. The lowest BCUT2D eigenvalue weighted by atomic mass is 9.82. The third kappa shape index (κ3) is 3.38. The SMILES string of the molecule is Cc1nc(OC2CC(C)CC(C)C2)ccc1CCl. The molecule has 1 aromatic rings. The molecule has 0 aliphatic heterocycles. The zero-order valence-corrected chi connectivity index (χ0v) is 12.2. The smallest absolute Gasteiger partial charge is 0.213 e. The number of pyridine rings is 1. The topological polar surface area (TPSA) is 22.1 Å². The van der Waals surface area contributed by atoms with E-state index < -0.39 is 0 Å². The number of hydrogen-bond acceptors (Lipinski definition) is 2. The summed E-state index contributed by atoms with van der Waals surface area (Å²) in [5.41, 5.74) is 2.05. The number of aryl methyl sites for hydroxylation is 1. The molecule has 0 saturated heterocycles. The van der Waals surface area contributed by atoms with Crippen molar-refractivity contribution in [1.29, 1.82) is 0 Å². The number of nitrogens with zero attached hydrogens (tertiary/aromatic N) is 1. The monoisotopic (exact) mass is 267 g/mol. The molecule has 0 spiro atoms. The summed E-state index contributed by atoms with van der Waals surface area (Å²) in [6.45, 7) is 6.60. The average Bonchev–Trinajstić information content (AvgIpc) is 2.27.